The Morgan fingerprint density at radius 1 is 1.40 bits per heavy atom. The molecule has 3 heterocycles. The van der Waals surface area contributed by atoms with E-state index in [1.54, 1.807) is 24.9 Å². The second-order valence-corrected chi connectivity index (χ2v) is 6.88. The third kappa shape index (κ3) is 3.88. The number of carbonyl (C=O) groups excluding carboxylic acids is 1. The van der Waals surface area contributed by atoms with Crippen LogP contribution >= 0.6 is 0 Å². The number of aliphatic hydroxyl groups is 1. The number of aliphatic hydroxyl groups excluding tert-OH is 1. The molecule has 0 saturated carbocycles. The molecule has 0 saturated heterocycles. The molecule has 1 aromatic rings. The van der Waals surface area contributed by atoms with Crippen molar-refractivity contribution in [3.63, 3.8) is 0 Å². The Morgan fingerprint density at radius 2 is 2.20 bits per heavy atom. The zero-order valence-electron chi connectivity index (χ0n) is 14.7. The molecular formula is C18H23N5O2. The summed E-state index contributed by atoms with van der Waals surface area (Å²) < 4.78 is 0. The smallest absolute Gasteiger partial charge is 0.323 e. The highest BCUT2D eigenvalue weighted by Crippen LogP contribution is 2.24. The molecule has 2 aliphatic heterocycles. The van der Waals surface area contributed by atoms with Crippen LogP contribution in [0, 0.1) is 6.92 Å². The summed E-state index contributed by atoms with van der Waals surface area (Å²) in [6.07, 6.45) is 6.52. The van der Waals surface area contributed by atoms with E-state index in [4.69, 9.17) is 0 Å². The third-order valence-corrected chi connectivity index (χ3v) is 4.00. The molecule has 25 heavy (non-hydrogen) atoms. The minimum absolute atomic E-state index is 0.133. The maximum Gasteiger partial charge on any atom is 0.323 e. The summed E-state index contributed by atoms with van der Waals surface area (Å²) in [7, 11) is 0. The number of amides is 2. The van der Waals surface area contributed by atoms with Crippen LogP contribution in [0.1, 0.15) is 25.8 Å². The number of hydrogen-bond acceptors (Lipinski definition) is 5. The van der Waals surface area contributed by atoms with Crippen molar-refractivity contribution < 1.29 is 9.90 Å². The summed E-state index contributed by atoms with van der Waals surface area (Å²) in [5.74, 6) is 1.98. The largest absolute Gasteiger partial charge is 0.394 e. The summed E-state index contributed by atoms with van der Waals surface area (Å²) in [4.78, 5) is 23.0. The molecule has 0 fully saturated rings. The number of carbonyl (C=O) groups is 1. The van der Waals surface area contributed by atoms with Gasteiger partial charge in [0.2, 0.25) is 0 Å². The summed E-state index contributed by atoms with van der Waals surface area (Å²) >= 11 is 0. The normalized spacial score (nSPS) is 16.6. The molecule has 3 N–H and O–H groups in total. The third-order valence-electron chi connectivity index (χ3n) is 4.00. The van der Waals surface area contributed by atoms with Crippen LogP contribution in [0.4, 0.5) is 10.6 Å². The van der Waals surface area contributed by atoms with Gasteiger partial charge in [0, 0.05) is 18.3 Å². The Bertz CT molecular complexity index is 762. The molecule has 0 bridgehead atoms. The molecule has 132 valence electrons. The first-order valence-electron chi connectivity index (χ1n) is 8.29. The first kappa shape index (κ1) is 17.2. The molecule has 0 aromatic carbocycles. The number of hydrogen-bond donors (Lipinski definition) is 3. The van der Waals surface area contributed by atoms with Gasteiger partial charge in [0.25, 0.3) is 0 Å². The SMILES string of the molecule is Cc1ccc(NC2=CC3=CCCN(C(=O)NC(C)(C)CO)C3=N2)nc1. The Balaban J connectivity index is 1.75. The van der Waals surface area contributed by atoms with Crippen molar-refractivity contribution in [2.45, 2.75) is 32.7 Å². The molecule has 2 amide bonds. The number of aliphatic imine (C=N–C) groups is 1. The van der Waals surface area contributed by atoms with Gasteiger partial charge in [0.1, 0.15) is 17.5 Å². The van der Waals surface area contributed by atoms with Gasteiger partial charge >= 0.3 is 6.03 Å². The van der Waals surface area contributed by atoms with Gasteiger partial charge in [0.15, 0.2) is 0 Å². The summed E-state index contributed by atoms with van der Waals surface area (Å²) in [5, 5.41) is 15.4. The van der Waals surface area contributed by atoms with E-state index >= 15 is 0 Å². The van der Waals surface area contributed by atoms with Gasteiger partial charge < -0.3 is 15.7 Å². The zero-order chi connectivity index (χ0) is 18.0. The molecule has 0 aliphatic carbocycles. The molecule has 0 spiro atoms. The van der Waals surface area contributed by atoms with Crippen molar-refractivity contribution in [2.24, 2.45) is 4.99 Å². The van der Waals surface area contributed by atoms with E-state index in [9.17, 15) is 9.90 Å². The van der Waals surface area contributed by atoms with Crippen LogP contribution < -0.4 is 10.6 Å². The topological polar surface area (TPSA) is 89.9 Å². The van der Waals surface area contributed by atoms with Crippen LogP contribution in [0.2, 0.25) is 0 Å². The second-order valence-electron chi connectivity index (χ2n) is 6.88. The Morgan fingerprint density at radius 3 is 2.88 bits per heavy atom. The summed E-state index contributed by atoms with van der Waals surface area (Å²) in [6, 6.07) is 3.61. The Labute approximate surface area is 147 Å². The molecule has 7 nitrogen and oxygen atoms in total. The van der Waals surface area contributed by atoms with E-state index < -0.39 is 5.54 Å². The number of pyridine rings is 1. The molecule has 0 radical (unpaired) electrons. The van der Waals surface area contributed by atoms with Crippen molar-refractivity contribution in [1.29, 1.82) is 0 Å². The number of rotatable bonds is 4. The van der Waals surface area contributed by atoms with Gasteiger partial charge in [0.05, 0.1) is 12.1 Å². The monoisotopic (exact) mass is 341 g/mol. The van der Waals surface area contributed by atoms with Gasteiger partial charge in [-0.1, -0.05) is 12.1 Å². The highest BCUT2D eigenvalue weighted by Gasteiger charge is 2.31. The fourth-order valence-electron chi connectivity index (χ4n) is 2.58. The fourth-order valence-corrected chi connectivity index (χ4v) is 2.58. The maximum atomic E-state index is 12.6. The van der Waals surface area contributed by atoms with Gasteiger partial charge in [-0.05, 0) is 44.9 Å². The van der Waals surface area contributed by atoms with E-state index in [1.807, 2.05) is 25.1 Å². The van der Waals surface area contributed by atoms with Crippen molar-refractivity contribution in [3.05, 3.63) is 47.4 Å². The van der Waals surface area contributed by atoms with E-state index in [1.165, 1.54) is 0 Å². The molecule has 3 rings (SSSR count). The van der Waals surface area contributed by atoms with Crippen molar-refractivity contribution >= 4 is 17.7 Å². The van der Waals surface area contributed by atoms with E-state index in [0.717, 1.165) is 17.6 Å². The van der Waals surface area contributed by atoms with Crippen molar-refractivity contribution in [3.8, 4) is 0 Å². The van der Waals surface area contributed by atoms with Gasteiger partial charge in [-0.15, -0.1) is 0 Å². The lowest BCUT2D eigenvalue weighted by Crippen LogP contribution is -2.54. The number of nitrogens with one attached hydrogen (secondary N) is 2. The van der Waals surface area contributed by atoms with Gasteiger partial charge in [-0.3, -0.25) is 4.90 Å². The lowest BCUT2D eigenvalue weighted by atomic mass is 10.1. The van der Waals surface area contributed by atoms with Crippen LogP contribution in [-0.4, -0.2) is 45.5 Å². The number of aromatic nitrogens is 1. The number of aryl methyl sites for hydroxylation is 1. The van der Waals surface area contributed by atoms with Crippen molar-refractivity contribution in [1.82, 2.24) is 15.2 Å². The predicted molar refractivity (Wildman–Crippen MR) is 97.2 cm³/mol. The Kier molecular flexibility index (Phi) is 4.59. The molecule has 0 atom stereocenters. The van der Waals surface area contributed by atoms with Crippen LogP contribution in [0.5, 0.6) is 0 Å². The number of anilines is 1. The highest BCUT2D eigenvalue weighted by atomic mass is 16.3. The standard InChI is InChI=1S/C18H23N5O2/c1-12-6-7-14(19-10-12)20-15-9-13-5-4-8-23(16(13)21-15)17(25)22-18(2,3)11-24/h5-7,9-10,24H,4,8,11H2,1-3H3,(H,19,20)(H,22,25). The number of amidine groups is 1. The first-order valence-corrected chi connectivity index (χ1v) is 8.29. The second kappa shape index (κ2) is 6.68. The van der Waals surface area contributed by atoms with E-state index in [-0.39, 0.29) is 12.6 Å². The molecule has 2 aliphatic rings. The highest BCUT2D eigenvalue weighted by molar-refractivity contribution is 6.11. The van der Waals surface area contributed by atoms with Crippen LogP contribution in [0.15, 0.2) is 46.9 Å². The quantitative estimate of drug-likeness (QED) is 0.783. The fraction of sp³-hybridized carbons (Fsp3) is 0.389. The number of fused-ring (bicyclic) bond motifs is 1. The number of nitrogens with zero attached hydrogens (tertiary/aromatic N) is 3. The van der Waals surface area contributed by atoms with E-state index in [0.29, 0.717) is 24.0 Å². The summed E-state index contributed by atoms with van der Waals surface area (Å²) in [6.45, 7) is 5.95. The molecule has 1 aromatic heterocycles. The van der Waals surface area contributed by atoms with Crippen LogP contribution in [0.25, 0.3) is 0 Å². The first-order chi connectivity index (χ1) is 11.9. The number of urea groups is 1. The summed E-state index contributed by atoms with van der Waals surface area (Å²) in [5.41, 5.74) is 1.32. The van der Waals surface area contributed by atoms with Gasteiger partial charge in [-0.2, -0.15) is 0 Å². The molecule has 7 heteroatoms. The lowest BCUT2D eigenvalue weighted by molar-refractivity contribution is 0.171. The molecule has 0 unspecified atom stereocenters. The maximum absolute atomic E-state index is 12.6. The zero-order valence-corrected chi connectivity index (χ0v) is 14.7. The average Bonchev–Trinajstić information content (AvgIpc) is 2.98. The lowest BCUT2D eigenvalue weighted by Gasteiger charge is -2.31. The van der Waals surface area contributed by atoms with E-state index in [2.05, 4.69) is 26.7 Å². The predicted octanol–water partition coefficient (Wildman–Crippen LogP) is 2.17. The Hall–Kier alpha value is -2.67. The van der Waals surface area contributed by atoms with Crippen LogP contribution in [0.3, 0.4) is 0 Å². The average molecular weight is 341 g/mol. The van der Waals surface area contributed by atoms with Crippen LogP contribution in [-0.2, 0) is 0 Å². The molecular weight excluding hydrogens is 318 g/mol. The minimum atomic E-state index is -0.683. The van der Waals surface area contributed by atoms with Crippen molar-refractivity contribution in [2.75, 3.05) is 18.5 Å². The van der Waals surface area contributed by atoms with Gasteiger partial charge in [-0.25, -0.2) is 14.8 Å². The minimum Gasteiger partial charge on any atom is -0.394 e.